The summed E-state index contributed by atoms with van der Waals surface area (Å²) in [4.78, 5) is 10.1. The Hall–Kier alpha value is -4.44. The second-order valence-electron chi connectivity index (χ2n) is 8.96. The lowest BCUT2D eigenvalue weighted by molar-refractivity contribution is 1.25. The average Bonchev–Trinajstić information content (AvgIpc) is 2.86. The molecule has 0 saturated heterocycles. The third-order valence-corrected chi connectivity index (χ3v) is 6.85. The van der Waals surface area contributed by atoms with Crippen LogP contribution < -0.4 is 21.2 Å². The molecule has 0 atom stereocenters. The van der Waals surface area contributed by atoms with Crippen molar-refractivity contribution in [1.29, 1.82) is 0 Å². The average molecular weight is 439 g/mol. The predicted octanol–water partition coefficient (Wildman–Crippen LogP) is 6.51. The second-order valence-corrected chi connectivity index (χ2v) is 8.96. The molecule has 2 N–H and O–H groups in total. The number of hydrogen-bond donors (Lipinski definition) is 2. The van der Waals surface area contributed by atoms with E-state index in [0.29, 0.717) is 0 Å². The first-order valence-electron chi connectivity index (χ1n) is 11.5. The number of nitrogens with zero attached hydrogens (tertiary/aromatic N) is 2. The minimum absolute atomic E-state index is 0.727. The van der Waals surface area contributed by atoms with Crippen molar-refractivity contribution in [3.63, 3.8) is 0 Å². The zero-order chi connectivity index (χ0) is 22.8. The largest absolute Gasteiger partial charge is 0.378 e. The lowest BCUT2D eigenvalue weighted by Crippen LogP contribution is -2.19. The number of nitrogens with one attached hydrogen (secondary N) is 2. The van der Waals surface area contributed by atoms with Crippen LogP contribution in [0.25, 0.3) is 39.3 Å². The van der Waals surface area contributed by atoms with E-state index < -0.39 is 0 Å². The Morgan fingerprint density at radius 3 is 2.21 bits per heavy atom. The Labute approximate surface area is 197 Å². The lowest BCUT2D eigenvalue weighted by Gasteiger charge is -2.24. The van der Waals surface area contributed by atoms with Gasteiger partial charge in [-0.05, 0) is 63.5 Å². The predicted molar refractivity (Wildman–Crippen MR) is 144 cm³/mol. The van der Waals surface area contributed by atoms with Gasteiger partial charge in [-0.2, -0.15) is 0 Å². The van der Waals surface area contributed by atoms with Crippen molar-refractivity contribution in [3.05, 3.63) is 88.9 Å². The second kappa shape index (κ2) is 7.03. The van der Waals surface area contributed by atoms with Crippen LogP contribution in [-0.2, 0) is 0 Å². The van der Waals surface area contributed by atoms with E-state index in [-0.39, 0.29) is 0 Å². The third-order valence-electron chi connectivity index (χ3n) is 6.85. The molecule has 0 saturated carbocycles. The van der Waals surface area contributed by atoms with Crippen LogP contribution in [0.15, 0.2) is 82.8 Å². The third kappa shape index (κ3) is 2.72. The molecule has 0 bridgehead atoms. The van der Waals surface area contributed by atoms with Gasteiger partial charge in [-0.3, -0.25) is 4.99 Å². The fourth-order valence-corrected chi connectivity index (χ4v) is 5.15. The van der Waals surface area contributed by atoms with Gasteiger partial charge in [0.25, 0.3) is 0 Å². The fraction of sp³-hybridized carbons (Fsp3) is 0.0667. The molecule has 0 spiro atoms. The maximum atomic E-state index is 5.23. The van der Waals surface area contributed by atoms with Crippen LogP contribution >= 0.6 is 0 Å². The van der Waals surface area contributed by atoms with Gasteiger partial charge in [0.2, 0.25) is 0 Å². The van der Waals surface area contributed by atoms with Gasteiger partial charge in [0.1, 0.15) is 0 Å². The maximum Gasteiger partial charge on any atom is 0.0958 e. The van der Waals surface area contributed by atoms with E-state index in [9.17, 15) is 0 Å². The molecule has 2 heterocycles. The Bertz CT molecular complexity index is 1810. The van der Waals surface area contributed by atoms with Crippen LogP contribution in [0.3, 0.4) is 0 Å². The van der Waals surface area contributed by atoms with E-state index in [0.717, 1.165) is 62.2 Å². The molecule has 0 aromatic heterocycles. The molecule has 0 radical (unpaired) electrons. The molecule has 0 aliphatic carbocycles. The standard InChI is InChI=1S/C30H22N4/c1-17-13-23-24(14-18(17)2)34-30-26(33-23)16-20-8-4-6-10-22(20)28(30)27-21-9-5-3-7-19(21)15-25-29(27)32-12-11-31-25/h3-10,12-16,31,33H,1,11H2,2H3. The Morgan fingerprint density at radius 2 is 1.44 bits per heavy atom. The van der Waals surface area contributed by atoms with Gasteiger partial charge >= 0.3 is 0 Å². The van der Waals surface area contributed by atoms with Gasteiger partial charge in [0.05, 0.1) is 40.3 Å². The quantitative estimate of drug-likeness (QED) is 0.307. The molecule has 5 aromatic rings. The molecule has 34 heavy (non-hydrogen) atoms. The molecular weight excluding hydrogens is 416 g/mol. The van der Waals surface area contributed by atoms with Crippen molar-refractivity contribution in [2.45, 2.75) is 6.92 Å². The van der Waals surface area contributed by atoms with Crippen molar-refractivity contribution in [1.82, 2.24) is 0 Å². The monoisotopic (exact) mass is 438 g/mol. The minimum Gasteiger partial charge on any atom is -0.378 e. The van der Waals surface area contributed by atoms with Crippen LogP contribution in [0.1, 0.15) is 5.56 Å². The van der Waals surface area contributed by atoms with Crippen LogP contribution in [-0.4, -0.2) is 12.8 Å². The molecule has 5 aromatic carbocycles. The highest BCUT2D eigenvalue weighted by Crippen LogP contribution is 2.52. The Kier molecular flexibility index (Phi) is 3.94. The summed E-state index contributed by atoms with van der Waals surface area (Å²) in [6.45, 7) is 6.98. The van der Waals surface area contributed by atoms with Gasteiger partial charge < -0.3 is 10.6 Å². The van der Waals surface area contributed by atoms with E-state index in [1.165, 1.54) is 21.5 Å². The number of benzene rings is 5. The molecule has 0 fully saturated rings. The number of hydrogen-bond acceptors (Lipinski definition) is 4. The summed E-state index contributed by atoms with van der Waals surface area (Å²) < 4.78 is 0. The zero-order valence-corrected chi connectivity index (χ0v) is 18.8. The highest BCUT2D eigenvalue weighted by molar-refractivity contribution is 6.18. The van der Waals surface area contributed by atoms with Gasteiger partial charge in [0, 0.05) is 17.3 Å². The van der Waals surface area contributed by atoms with Gasteiger partial charge in [-0.15, -0.1) is 0 Å². The van der Waals surface area contributed by atoms with E-state index >= 15 is 0 Å². The summed E-state index contributed by atoms with van der Waals surface area (Å²) >= 11 is 0. The van der Waals surface area contributed by atoms with Crippen LogP contribution in [0, 0.1) is 6.92 Å². The number of anilines is 3. The number of aliphatic imine (C=N–C) groups is 1. The fourth-order valence-electron chi connectivity index (χ4n) is 5.15. The Morgan fingerprint density at radius 1 is 0.765 bits per heavy atom. The first-order valence-corrected chi connectivity index (χ1v) is 11.5. The van der Waals surface area contributed by atoms with Crippen molar-refractivity contribution >= 4 is 62.8 Å². The molecule has 4 nitrogen and oxygen atoms in total. The minimum atomic E-state index is 0.727. The van der Waals surface area contributed by atoms with Crippen molar-refractivity contribution in [2.75, 3.05) is 17.2 Å². The summed E-state index contributed by atoms with van der Waals surface area (Å²) in [6, 6.07) is 25.7. The molecule has 2 aliphatic rings. The highest BCUT2D eigenvalue weighted by atomic mass is 15.0. The van der Waals surface area contributed by atoms with Gasteiger partial charge in [-0.1, -0.05) is 55.1 Å². The van der Waals surface area contributed by atoms with Crippen molar-refractivity contribution in [3.8, 4) is 11.1 Å². The van der Waals surface area contributed by atoms with Gasteiger partial charge in [0.15, 0.2) is 0 Å². The number of aryl methyl sites for hydroxylation is 1. The van der Waals surface area contributed by atoms with Gasteiger partial charge in [-0.25, -0.2) is 4.99 Å². The molecule has 2 aliphatic heterocycles. The zero-order valence-electron chi connectivity index (χ0n) is 18.8. The smallest absolute Gasteiger partial charge is 0.0958 e. The molecule has 0 amide bonds. The number of fused-ring (bicyclic) bond motifs is 5. The summed E-state index contributed by atoms with van der Waals surface area (Å²) in [5.41, 5.74) is 8.31. The molecule has 4 heteroatoms. The lowest BCUT2D eigenvalue weighted by atomic mass is 9.89. The van der Waals surface area contributed by atoms with Crippen LogP contribution in [0.2, 0.25) is 0 Å². The topological polar surface area (TPSA) is 48.8 Å². The highest BCUT2D eigenvalue weighted by Gasteiger charge is 2.24. The normalized spacial score (nSPS) is 13.4. The molecular formula is C30H22N4. The summed E-state index contributed by atoms with van der Waals surface area (Å²) in [7, 11) is 0. The van der Waals surface area contributed by atoms with Crippen molar-refractivity contribution in [2.24, 2.45) is 9.98 Å². The summed E-state index contributed by atoms with van der Waals surface area (Å²) in [6.07, 6.45) is 1.95. The molecule has 162 valence electrons. The van der Waals surface area contributed by atoms with E-state index in [1.54, 1.807) is 0 Å². The van der Waals surface area contributed by atoms with E-state index in [4.69, 9.17) is 9.98 Å². The molecule has 0 unspecified atom stereocenters. The number of rotatable bonds is 1. The Balaban J connectivity index is 1.69. The maximum absolute atomic E-state index is 5.23. The van der Waals surface area contributed by atoms with E-state index in [1.807, 2.05) is 6.21 Å². The first-order chi connectivity index (χ1) is 16.7. The summed E-state index contributed by atoms with van der Waals surface area (Å²) in [5, 5.41) is 13.8. The molecule has 7 rings (SSSR count). The van der Waals surface area contributed by atoms with Crippen molar-refractivity contribution < 1.29 is 0 Å². The van der Waals surface area contributed by atoms with E-state index in [2.05, 4.69) is 96.9 Å². The van der Waals surface area contributed by atoms with Crippen LogP contribution in [0.5, 0.6) is 0 Å². The SMILES string of the molecule is C=c1cc2c(cc1C)=Nc1c(cc3ccccc3c1-c1c3c(cc4ccccc14)NCC=N3)N2. The van der Waals surface area contributed by atoms with Crippen LogP contribution in [0.4, 0.5) is 28.4 Å². The first kappa shape index (κ1) is 19.1. The summed E-state index contributed by atoms with van der Waals surface area (Å²) in [5.74, 6) is 0.